The van der Waals surface area contributed by atoms with Crippen molar-refractivity contribution >= 4 is 0 Å². The van der Waals surface area contributed by atoms with Gasteiger partial charge in [0.15, 0.2) is 0 Å². The molecule has 3 atom stereocenters. The lowest BCUT2D eigenvalue weighted by Gasteiger charge is -2.44. The molecule has 0 aromatic carbocycles. The molecular formula is C15H20N4O. The Labute approximate surface area is 119 Å². The highest BCUT2D eigenvalue weighted by Crippen LogP contribution is 2.39. The van der Waals surface area contributed by atoms with Gasteiger partial charge in [-0.2, -0.15) is 10.5 Å². The molecule has 0 amide bonds. The lowest BCUT2D eigenvalue weighted by Crippen LogP contribution is -2.52. The molecule has 106 valence electrons. The van der Waals surface area contributed by atoms with E-state index in [0.717, 1.165) is 31.8 Å². The van der Waals surface area contributed by atoms with Crippen LogP contribution in [0.1, 0.15) is 25.7 Å². The predicted octanol–water partition coefficient (Wildman–Crippen LogP) is 1.36. The second-order valence-corrected chi connectivity index (χ2v) is 5.78. The summed E-state index contributed by atoms with van der Waals surface area (Å²) in [6.45, 7) is 2.97. The van der Waals surface area contributed by atoms with E-state index in [4.69, 9.17) is 4.74 Å². The van der Waals surface area contributed by atoms with Crippen LogP contribution in [-0.4, -0.2) is 37.2 Å². The molecule has 5 nitrogen and oxygen atoms in total. The van der Waals surface area contributed by atoms with Crippen LogP contribution in [0.3, 0.4) is 0 Å². The van der Waals surface area contributed by atoms with E-state index in [1.165, 1.54) is 12.8 Å². The zero-order valence-electron chi connectivity index (χ0n) is 11.6. The zero-order valence-corrected chi connectivity index (χ0v) is 11.6. The monoisotopic (exact) mass is 272 g/mol. The van der Waals surface area contributed by atoms with Crippen molar-refractivity contribution in [3.8, 4) is 12.1 Å². The van der Waals surface area contributed by atoms with E-state index in [1.54, 1.807) is 0 Å². The molecule has 3 aliphatic rings. The molecule has 5 heteroatoms. The maximum atomic E-state index is 9.54. The Hall–Kier alpha value is -1.72. The van der Waals surface area contributed by atoms with Gasteiger partial charge in [-0.1, -0.05) is 12.8 Å². The molecule has 2 fully saturated rings. The highest BCUT2D eigenvalue weighted by Gasteiger charge is 2.41. The van der Waals surface area contributed by atoms with Crippen LogP contribution in [0, 0.1) is 34.5 Å². The van der Waals surface area contributed by atoms with E-state index in [1.807, 2.05) is 0 Å². The Morgan fingerprint density at radius 1 is 1.15 bits per heavy atom. The van der Waals surface area contributed by atoms with Crippen LogP contribution in [0.5, 0.6) is 0 Å². The molecule has 1 saturated heterocycles. The molecule has 2 aliphatic heterocycles. The first-order valence-electron chi connectivity index (χ1n) is 7.48. The standard InChI is InChI=1S/C15H20N4O/c16-9-12-11-3-1-2-4-14(11)18-15(13(12)10-17)19-5-7-20-8-6-19/h11-12,14,18H,1-8H2/t11-,12+,14+/m0/s1. The molecular weight excluding hydrogens is 252 g/mol. The number of hydrogen-bond acceptors (Lipinski definition) is 5. The second kappa shape index (κ2) is 5.73. The van der Waals surface area contributed by atoms with Crippen LogP contribution >= 0.6 is 0 Å². The highest BCUT2D eigenvalue weighted by atomic mass is 16.5. The number of allylic oxidation sites excluding steroid dienone is 1. The Balaban J connectivity index is 1.94. The Morgan fingerprint density at radius 3 is 2.60 bits per heavy atom. The second-order valence-electron chi connectivity index (χ2n) is 5.78. The first kappa shape index (κ1) is 13.3. The summed E-state index contributed by atoms with van der Waals surface area (Å²) >= 11 is 0. The summed E-state index contributed by atoms with van der Waals surface area (Å²) < 4.78 is 5.38. The van der Waals surface area contributed by atoms with Gasteiger partial charge in [-0.05, 0) is 18.8 Å². The van der Waals surface area contributed by atoms with Gasteiger partial charge in [0.05, 0.1) is 36.8 Å². The summed E-state index contributed by atoms with van der Waals surface area (Å²) in [6, 6.07) is 5.04. The quantitative estimate of drug-likeness (QED) is 0.780. The molecule has 0 unspecified atom stereocenters. The normalized spacial score (nSPS) is 33.7. The molecule has 0 spiro atoms. The summed E-state index contributed by atoms with van der Waals surface area (Å²) in [6.07, 6.45) is 4.55. The minimum Gasteiger partial charge on any atom is -0.378 e. The fraction of sp³-hybridized carbons (Fsp3) is 0.733. The minimum atomic E-state index is -0.246. The number of morpholine rings is 1. The molecule has 0 bridgehead atoms. The Bertz CT molecular complexity index is 481. The lowest BCUT2D eigenvalue weighted by atomic mass is 9.72. The van der Waals surface area contributed by atoms with Crippen molar-refractivity contribution in [1.82, 2.24) is 10.2 Å². The number of nitrogens with one attached hydrogen (secondary N) is 1. The molecule has 3 rings (SSSR count). The van der Waals surface area contributed by atoms with Crippen LogP contribution < -0.4 is 5.32 Å². The third-order valence-corrected chi connectivity index (χ3v) is 4.72. The van der Waals surface area contributed by atoms with Crippen LogP contribution in [0.2, 0.25) is 0 Å². The van der Waals surface area contributed by atoms with E-state index in [0.29, 0.717) is 30.7 Å². The van der Waals surface area contributed by atoms with Crippen LogP contribution in [0.15, 0.2) is 11.4 Å². The first-order chi connectivity index (χ1) is 9.85. The van der Waals surface area contributed by atoms with Gasteiger partial charge in [0.1, 0.15) is 5.82 Å². The SMILES string of the molecule is N#CC1=C(N2CCOCC2)N[C@@H]2CCCC[C@H]2[C@H]1C#N. The van der Waals surface area contributed by atoms with Crippen molar-refractivity contribution in [1.29, 1.82) is 10.5 Å². The van der Waals surface area contributed by atoms with Crippen molar-refractivity contribution in [3.63, 3.8) is 0 Å². The van der Waals surface area contributed by atoms with Gasteiger partial charge in [0.2, 0.25) is 0 Å². The molecule has 1 aliphatic carbocycles. The van der Waals surface area contributed by atoms with E-state index in [9.17, 15) is 10.5 Å². The van der Waals surface area contributed by atoms with Crippen molar-refractivity contribution in [2.24, 2.45) is 11.8 Å². The van der Waals surface area contributed by atoms with Gasteiger partial charge in [0.25, 0.3) is 0 Å². The first-order valence-corrected chi connectivity index (χ1v) is 7.48. The molecule has 0 radical (unpaired) electrons. The maximum absolute atomic E-state index is 9.54. The van der Waals surface area contributed by atoms with Gasteiger partial charge < -0.3 is 15.0 Å². The number of rotatable bonds is 1. The summed E-state index contributed by atoms with van der Waals surface area (Å²) in [5.74, 6) is 0.947. The van der Waals surface area contributed by atoms with E-state index < -0.39 is 0 Å². The number of ether oxygens (including phenoxy) is 1. The van der Waals surface area contributed by atoms with Crippen LogP contribution in [0.25, 0.3) is 0 Å². The number of nitrogens with zero attached hydrogens (tertiary/aromatic N) is 3. The van der Waals surface area contributed by atoms with E-state index in [2.05, 4.69) is 22.4 Å². The summed E-state index contributed by atoms with van der Waals surface area (Å²) in [7, 11) is 0. The third-order valence-electron chi connectivity index (χ3n) is 4.72. The topological polar surface area (TPSA) is 72.1 Å². The highest BCUT2D eigenvalue weighted by molar-refractivity contribution is 5.37. The Kier molecular flexibility index (Phi) is 3.80. The van der Waals surface area contributed by atoms with E-state index in [-0.39, 0.29) is 5.92 Å². The van der Waals surface area contributed by atoms with Gasteiger partial charge in [-0.3, -0.25) is 0 Å². The molecule has 1 N–H and O–H groups in total. The minimum absolute atomic E-state index is 0.246. The zero-order chi connectivity index (χ0) is 13.9. The maximum Gasteiger partial charge on any atom is 0.117 e. The Morgan fingerprint density at radius 2 is 1.90 bits per heavy atom. The average molecular weight is 272 g/mol. The van der Waals surface area contributed by atoms with Gasteiger partial charge in [-0.15, -0.1) is 0 Å². The van der Waals surface area contributed by atoms with Crippen molar-refractivity contribution < 1.29 is 4.74 Å². The summed E-state index contributed by atoms with van der Waals surface area (Å²) in [5, 5.41) is 22.6. The summed E-state index contributed by atoms with van der Waals surface area (Å²) in [5.41, 5.74) is 0.637. The van der Waals surface area contributed by atoms with Gasteiger partial charge in [0, 0.05) is 19.1 Å². The van der Waals surface area contributed by atoms with Crippen molar-refractivity contribution in [2.75, 3.05) is 26.3 Å². The predicted molar refractivity (Wildman–Crippen MR) is 73.0 cm³/mol. The lowest BCUT2D eigenvalue weighted by molar-refractivity contribution is 0.0442. The van der Waals surface area contributed by atoms with Gasteiger partial charge in [-0.25, -0.2) is 0 Å². The largest absolute Gasteiger partial charge is 0.378 e. The number of fused-ring (bicyclic) bond motifs is 1. The molecule has 0 aromatic heterocycles. The number of nitriles is 2. The number of hydrogen-bond donors (Lipinski definition) is 1. The fourth-order valence-electron chi connectivity index (χ4n) is 3.68. The van der Waals surface area contributed by atoms with Crippen LogP contribution in [-0.2, 0) is 4.74 Å². The van der Waals surface area contributed by atoms with Crippen molar-refractivity contribution in [3.05, 3.63) is 11.4 Å². The van der Waals surface area contributed by atoms with E-state index >= 15 is 0 Å². The summed E-state index contributed by atoms with van der Waals surface area (Å²) in [4.78, 5) is 2.18. The van der Waals surface area contributed by atoms with Crippen LogP contribution in [0.4, 0.5) is 0 Å². The molecule has 2 heterocycles. The van der Waals surface area contributed by atoms with Crippen molar-refractivity contribution in [2.45, 2.75) is 31.7 Å². The van der Waals surface area contributed by atoms with Gasteiger partial charge >= 0.3 is 0 Å². The smallest absolute Gasteiger partial charge is 0.117 e. The molecule has 1 saturated carbocycles. The fourth-order valence-corrected chi connectivity index (χ4v) is 3.68. The third kappa shape index (κ3) is 2.23. The molecule has 20 heavy (non-hydrogen) atoms. The molecule has 0 aromatic rings. The average Bonchev–Trinajstić information content (AvgIpc) is 2.53.